The Morgan fingerprint density at radius 1 is 0.404 bits per heavy atom. The normalized spacial score (nSPS) is 13.4. The van der Waals surface area contributed by atoms with Gasteiger partial charge in [-0.25, -0.2) is 0 Å². The molecule has 312 valence electrons. The molecular formula is C47H95NO4. The van der Waals surface area contributed by atoms with Gasteiger partial charge in [0.25, 0.3) is 0 Å². The van der Waals surface area contributed by atoms with Crippen LogP contribution in [0.3, 0.4) is 0 Å². The second-order valence-electron chi connectivity index (χ2n) is 16.7. The van der Waals surface area contributed by atoms with E-state index in [0.29, 0.717) is 12.8 Å². The SMILES string of the molecule is CCCCCCCCCCCCCCCCCCCCCCCCCCCCCCCCC(=O)N[C@@H](CO)[C@H](O)[C@H](O)CCCCCCCCCC. The first-order valence-electron chi connectivity index (χ1n) is 23.8. The van der Waals surface area contributed by atoms with Crippen molar-refractivity contribution in [2.24, 2.45) is 0 Å². The first-order valence-corrected chi connectivity index (χ1v) is 23.8. The number of amides is 1. The van der Waals surface area contributed by atoms with Crippen LogP contribution in [-0.4, -0.2) is 46.1 Å². The second kappa shape index (κ2) is 43.1. The molecule has 0 aliphatic rings. The Morgan fingerprint density at radius 3 is 0.923 bits per heavy atom. The van der Waals surface area contributed by atoms with Gasteiger partial charge in [-0.15, -0.1) is 0 Å². The summed E-state index contributed by atoms with van der Waals surface area (Å²) in [7, 11) is 0. The van der Waals surface area contributed by atoms with Gasteiger partial charge in [0, 0.05) is 6.42 Å². The van der Waals surface area contributed by atoms with Crippen LogP contribution in [0.25, 0.3) is 0 Å². The van der Waals surface area contributed by atoms with Crippen molar-refractivity contribution in [1.82, 2.24) is 5.32 Å². The van der Waals surface area contributed by atoms with E-state index in [1.54, 1.807) is 0 Å². The third-order valence-electron chi connectivity index (χ3n) is 11.5. The summed E-state index contributed by atoms with van der Waals surface area (Å²) in [6.45, 7) is 4.16. The Morgan fingerprint density at radius 2 is 0.654 bits per heavy atom. The zero-order valence-corrected chi connectivity index (χ0v) is 35.5. The van der Waals surface area contributed by atoms with E-state index in [9.17, 15) is 20.1 Å². The van der Waals surface area contributed by atoms with Crippen molar-refractivity contribution in [3.63, 3.8) is 0 Å². The molecule has 4 N–H and O–H groups in total. The minimum Gasteiger partial charge on any atom is -0.394 e. The first kappa shape index (κ1) is 51.4. The highest BCUT2D eigenvalue weighted by Gasteiger charge is 2.26. The van der Waals surface area contributed by atoms with Crippen LogP contribution in [0.5, 0.6) is 0 Å². The molecule has 0 aromatic carbocycles. The molecule has 0 bridgehead atoms. The van der Waals surface area contributed by atoms with Crippen molar-refractivity contribution < 1.29 is 20.1 Å². The van der Waals surface area contributed by atoms with E-state index in [2.05, 4.69) is 19.2 Å². The number of rotatable bonds is 44. The summed E-state index contributed by atoms with van der Waals surface area (Å²) in [5.41, 5.74) is 0. The van der Waals surface area contributed by atoms with Crippen LogP contribution in [-0.2, 0) is 4.79 Å². The van der Waals surface area contributed by atoms with E-state index in [0.717, 1.165) is 38.5 Å². The number of hydrogen-bond acceptors (Lipinski definition) is 4. The molecule has 0 saturated carbocycles. The van der Waals surface area contributed by atoms with Gasteiger partial charge in [-0.1, -0.05) is 251 Å². The van der Waals surface area contributed by atoms with E-state index in [1.165, 1.54) is 205 Å². The number of unbranched alkanes of at least 4 members (excludes halogenated alkanes) is 36. The monoisotopic (exact) mass is 738 g/mol. The zero-order valence-electron chi connectivity index (χ0n) is 35.5. The molecule has 0 aliphatic carbocycles. The van der Waals surface area contributed by atoms with Crippen LogP contribution in [0, 0.1) is 0 Å². The molecule has 0 radical (unpaired) electrons. The molecule has 0 fully saturated rings. The molecule has 5 heteroatoms. The maximum absolute atomic E-state index is 12.4. The predicted octanol–water partition coefficient (Wildman–Crippen LogP) is 13.8. The third-order valence-corrected chi connectivity index (χ3v) is 11.5. The van der Waals surface area contributed by atoms with Crippen molar-refractivity contribution in [2.45, 2.75) is 289 Å². The van der Waals surface area contributed by atoms with Gasteiger partial charge in [-0.2, -0.15) is 0 Å². The third kappa shape index (κ3) is 37.7. The van der Waals surface area contributed by atoms with Gasteiger partial charge in [-0.05, 0) is 12.8 Å². The topological polar surface area (TPSA) is 89.8 Å². The lowest BCUT2D eigenvalue weighted by Crippen LogP contribution is -2.50. The molecule has 0 aromatic heterocycles. The largest absolute Gasteiger partial charge is 0.394 e. The molecule has 5 nitrogen and oxygen atoms in total. The number of hydrogen-bond donors (Lipinski definition) is 4. The number of aliphatic hydroxyl groups is 3. The van der Waals surface area contributed by atoms with Crippen molar-refractivity contribution in [2.75, 3.05) is 6.61 Å². The highest BCUT2D eigenvalue weighted by atomic mass is 16.3. The van der Waals surface area contributed by atoms with E-state index < -0.39 is 18.2 Å². The van der Waals surface area contributed by atoms with Crippen molar-refractivity contribution in [1.29, 1.82) is 0 Å². The van der Waals surface area contributed by atoms with Crippen LogP contribution in [0.1, 0.15) is 271 Å². The Bertz CT molecular complexity index is 688. The molecule has 0 rings (SSSR count). The minimum atomic E-state index is -1.13. The Labute approximate surface area is 326 Å². The van der Waals surface area contributed by atoms with Crippen LogP contribution in [0.15, 0.2) is 0 Å². The van der Waals surface area contributed by atoms with Crippen LogP contribution in [0.4, 0.5) is 0 Å². The average Bonchev–Trinajstić information content (AvgIpc) is 3.15. The molecule has 0 saturated heterocycles. The smallest absolute Gasteiger partial charge is 0.220 e. The predicted molar refractivity (Wildman–Crippen MR) is 227 cm³/mol. The average molecular weight is 738 g/mol. The van der Waals surface area contributed by atoms with Crippen molar-refractivity contribution >= 4 is 5.91 Å². The fourth-order valence-electron chi connectivity index (χ4n) is 7.75. The fraction of sp³-hybridized carbons (Fsp3) is 0.979. The minimum absolute atomic E-state index is 0.141. The molecule has 0 heterocycles. The van der Waals surface area contributed by atoms with Crippen molar-refractivity contribution in [3.8, 4) is 0 Å². The van der Waals surface area contributed by atoms with Crippen LogP contribution < -0.4 is 5.32 Å². The quantitative estimate of drug-likeness (QED) is 0.0469. The van der Waals surface area contributed by atoms with Gasteiger partial charge < -0.3 is 20.6 Å². The molecular weight excluding hydrogens is 643 g/mol. The molecule has 0 spiro atoms. The summed E-state index contributed by atoms with van der Waals surface area (Å²) in [5, 5.41) is 33.3. The van der Waals surface area contributed by atoms with E-state index in [-0.39, 0.29) is 12.5 Å². The number of carbonyl (C=O) groups excluding carboxylic acids is 1. The highest BCUT2D eigenvalue weighted by Crippen LogP contribution is 2.17. The summed E-state index contributed by atoms with van der Waals surface area (Å²) in [6, 6.07) is -0.801. The highest BCUT2D eigenvalue weighted by molar-refractivity contribution is 5.76. The Kier molecular flexibility index (Phi) is 42.5. The molecule has 3 atom stereocenters. The van der Waals surface area contributed by atoms with Crippen LogP contribution >= 0.6 is 0 Å². The van der Waals surface area contributed by atoms with Gasteiger partial charge in [0.1, 0.15) is 6.10 Å². The lowest BCUT2D eigenvalue weighted by molar-refractivity contribution is -0.124. The van der Waals surface area contributed by atoms with E-state index in [1.807, 2.05) is 0 Å². The summed E-state index contributed by atoms with van der Waals surface area (Å²) in [5.74, 6) is -0.141. The van der Waals surface area contributed by atoms with Gasteiger partial charge >= 0.3 is 0 Å². The summed E-state index contributed by atoms with van der Waals surface area (Å²) in [6.07, 6.45) is 49.7. The number of nitrogens with one attached hydrogen (secondary N) is 1. The lowest BCUT2D eigenvalue weighted by atomic mass is 9.99. The Balaban J connectivity index is 3.41. The molecule has 0 aromatic rings. The summed E-state index contributed by atoms with van der Waals surface area (Å²) < 4.78 is 0. The maximum atomic E-state index is 12.4. The first-order chi connectivity index (χ1) is 25.6. The van der Waals surface area contributed by atoms with Crippen molar-refractivity contribution in [3.05, 3.63) is 0 Å². The van der Waals surface area contributed by atoms with E-state index >= 15 is 0 Å². The van der Waals surface area contributed by atoms with Crippen LogP contribution in [0.2, 0.25) is 0 Å². The summed E-state index contributed by atoms with van der Waals surface area (Å²) >= 11 is 0. The van der Waals surface area contributed by atoms with Gasteiger partial charge in [0.05, 0.1) is 18.8 Å². The Hall–Kier alpha value is -0.650. The molecule has 1 amide bonds. The summed E-state index contributed by atoms with van der Waals surface area (Å²) in [4.78, 5) is 12.4. The van der Waals surface area contributed by atoms with Gasteiger partial charge in [0.2, 0.25) is 5.91 Å². The molecule has 52 heavy (non-hydrogen) atoms. The van der Waals surface area contributed by atoms with Gasteiger partial charge in [0.15, 0.2) is 0 Å². The number of carbonyl (C=O) groups is 1. The lowest BCUT2D eigenvalue weighted by Gasteiger charge is -2.26. The molecule has 0 unspecified atom stereocenters. The van der Waals surface area contributed by atoms with Gasteiger partial charge in [-0.3, -0.25) is 4.79 Å². The maximum Gasteiger partial charge on any atom is 0.220 e. The number of aliphatic hydroxyl groups excluding tert-OH is 3. The van der Waals surface area contributed by atoms with E-state index in [4.69, 9.17) is 0 Å². The fourth-order valence-corrected chi connectivity index (χ4v) is 7.75. The standard InChI is InChI=1S/C47H95NO4/c1-3-5-7-9-11-13-14-15-16-17-18-19-20-21-22-23-24-25-26-27-28-29-30-31-32-33-34-36-38-40-42-46(51)48-44(43-49)47(52)45(50)41-39-37-35-12-10-8-6-4-2/h44-45,47,49-50,52H,3-43H2,1-2H3,(H,48,51)/t44-,45+,47-/m0/s1. The molecule has 0 aliphatic heterocycles. The second-order valence-corrected chi connectivity index (χ2v) is 16.7. The zero-order chi connectivity index (χ0) is 38.0.